The summed E-state index contributed by atoms with van der Waals surface area (Å²) in [5, 5.41) is 0. The lowest BCUT2D eigenvalue weighted by molar-refractivity contribution is 0.567. The average molecular weight is 223 g/mol. The minimum absolute atomic E-state index is 0.190. The van der Waals surface area contributed by atoms with Gasteiger partial charge in [0.1, 0.15) is 5.69 Å². The van der Waals surface area contributed by atoms with Gasteiger partial charge in [-0.15, -0.1) is 0 Å². The van der Waals surface area contributed by atoms with E-state index in [1.54, 1.807) is 13.2 Å². The van der Waals surface area contributed by atoms with E-state index in [0.29, 0.717) is 5.69 Å². The Morgan fingerprint density at radius 1 is 1.06 bits per heavy atom. The highest BCUT2D eigenvalue weighted by Gasteiger charge is 2.16. The Labute approximate surface area is 93.9 Å². The largest absolute Gasteiger partial charge is 0.366 e. The van der Waals surface area contributed by atoms with Crippen molar-refractivity contribution in [3.63, 3.8) is 0 Å². The van der Waals surface area contributed by atoms with Crippen LogP contribution in [-0.4, -0.2) is 22.2 Å². The lowest BCUT2D eigenvalue weighted by Crippen LogP contribution is -2.42. The third kappa shape index (κ3) is 1.77. The van der Waals surface area contributed by atoms with Gasteiger partial charge in [-0.1, -0.05) is 0 Å². The molecule has 1 aromatic heterocycles. The number of nitrogens with zero attached hydrogens (tertiary/aromatic N) is 3. The fraction of sp³-hybridized carbons (Fsp3) is 0.636. The van der Waals surface area contributed by atoms with E-state index in [2.05, 4.69) is 4.90 Å². The van der Waals surface area contributed by atoms with Crippen molar-refractivity contribution in [3.8, 4) is 0 Å². The zero-order valence-electron chi connectivity index (χ0n) is 9.77. The molecule has 1 saturated heterocycles. The van der Waals surface area contributed by atoms with Gasteiger partial charge < -0.3 is 9.47 Å². The smallest absolute Gasteiger partial charge is 0.330 e. The molecule has 0 amide bonds. The van der Waals surface area contributed by atoms with E-state index in [1.165, 1.54) is 22.6 Å². The van der Waals surface area contributed by atoms with Crippen LogP contribution in [0.1, 0.15) is 19.3 Å². The van der Waals surface area contributed by atoms with Crippen LogP contribution in [-0.2, 0) is 14.1 Å². The van der Waals surface area contributed by atoms with E-state index in [9.17, 15) is 9.59 Å². The molecule has 0 unspecified atom stereocenters. The molecule has 0 atom stereocenters. The monoisotopic (exact) mass is 223 g/mol. The van der Waals surface area contributed by atoms with Crippen LogP contribution in [0.5, 0.6) is 0 Å². The molecule has 16 heavy (non-hydrogen) atoms. The molecule has 0 aromatic carbocycles. The number of aromatic nitrogens is 2. The first-order valence-corrected chi connectivity index (χ1v) is 5.63. The van der Waals surface area contributed by atoms with Crippen LogP contribution in [0, 0.1) is 0 Å². The third-order valence-corrected chi connectivity index (χ3v) is 3.13. The Hall–Kier alpha value is -1.52. The summed E-state index contributed by atoms with van der Waals surface area (Å²) in [4.78, 5) is 25.6. The van der Waals surface area contributed by atoms with Gasteiger partial charge in [0.25, 0.3) is 5.56 Å². The highest BCUT2D eigenvalue weighted by molar-refractivity contribution is 5.42. The molecule has 0 saturated carbocycles. The molecule has 5 nitrogen and oxygen atoms in total. The molecule has 2 rings (SSSR count). The van der Waals surface area contributed by atoms with Gasteiger partial charge >= 0.3 is 5.69 Å². The zero-order valence-corrected chi connectivity index (χ0v) is 9.77. The molecule has 0 bridgehead atoms. The SMILES string of the molecule is Cn1cc(N2CCCCC2)c(=O)n(C)c1=O. The van der Waals surface area contributed by atoms with Gasteiger partial charge in [-0.3, -0.25) is 9.36 Å². The molecule has 2 heterocycles. The molecule has 1 aliphatic heterocycles. The quantitative estimate of drug-likeness (QED) is 0.677. The standard InChI is InChI=1S/C11H17N3O2/c1-12-8-9(10(15)13(2)11(12)16)14-6-4-3-5-7-14/h8H,3-7H2,1-2H3. The second kappa shape index (κ2) is 4.15. The van der Waals surface area contributed by atoms with Crippen LogP contribution in [0.15, 0.2) is 15.8 Å². The van der Waals surface area contributed by atoms with E-state index in [1.807, 2.05) is 0 Å². The van der Waals surface area contributed by atoms with Gasteiger partial charge in [0.2, 0.25) is 0 Å². The second-order valence-corrected chi connectivity index (χ2v) is 4.32. The number of hydrogen-bond donors (Lipinski definition) is 0. The lowest BCUT2D eigenvalue weighted by atomic mass is 10.1. The molecule has 1 aliphatic rings. The number of hydrogen-bond acceptors (Lipinski definition) is 3. The Morgan fingerprint density at radius 2 is 1.69 bits per heavy atom. The molecule has 0 spiro atoms. The summed E-state index contributed by atoms with van der Waals surface area (Å²) < 4.78 is 2.63. The summed E-state index contributed by atoms with van der Waals surface area (Å²) in [6, 6.07) is 0. The average Bonchev–Trinajstić information content (AvgIpc) is 2.32. The Bertz CT molecular complexity index is 495. The highest BCUT2D eigenvalue weighted by atomic mass is 16.2. The predicted octanol–water partition coefficient (Wildman–Crippen LogP) is 0.0743. The number of anilines is 1. The van der Waals surface area contributed by atoms with E-state index < -0.39 is 0 Å². The topological polar surface area (TPSA) is 47.2 Å². The fourth-order valence-electron chi connectivity index (χ4n) is 2.14. The maximum absolute atomic E-state index is 11.9. The molecule has 1 fully saturated rings. The second-order valence-electron chi connectivity index (χ2n) is 4.32. The molecular weight excluding hydrogens is 206 g/mol. The Balaban J connectivity index is 2.48. The third-order valence-electron chi connectivity index (χ3n) is 3.13. The van der Waals surface area contributed by atoms with E-state index in [-0.39, 0.29) is 11.2 Å². The number of aryl methyl sites for hydroxylation is 1. The number of rotatable bonds is 1. The molecule has 0 radical (unpaired) electrons. The Morgan fingerprint density at radius 3 is 2.31 bits per heavy atom. The van der Waals surface area contributed by atoms with Crippen LogP contribution in [0.4, 0.5) is 5.69 Å². The maximum Gasteiger partial charge on any atom is 0.330 e. The molecule has 5 heteroatoms. The first-order valence-electron chi connectivity index (χ1n) is 5.63. The molecule has 0 N–H and O–H groups in total. The van der Waals surface area contributed by atoms with Gasteiger partial charge in [-0.25, -0.2) is 4.79 Å². The van der Waals surface area contributed by atoms with Crippen molar-refractivity contribution in [2.24, 2.45) is 14.1 Å². The van der Waals surface area contributed by atoms with Crippen LogP contribution in [0.2, 0.25) is 0 Å². The summed E-state index contributed by atoms with van der Waals surface area (Å²) in [7, 11) is 3.20. The fourth-order valence-corrected chi connectivity index (χ4v) is 2.14. The molecule has 1 aromatic rings. The van der Waals surface area contributed by atoms with Gasteiger partial charge in [-0.05, 0) is 19.3 Å². The van der Waals surface area contributed by atoms with Crippen LogP contribution in [0.25, 0.3) is 0 Å². The summed E-state index contributed by atoms with van der Waals surface area (Å²) in [6.45, 7) is 1.82. The van der Waals surface area contributed by atoms with Crippen molar-refractivity contribution >= 4 is 5.69 Å². The minimum Gasteiger partial charge on any atom is -0.366 e. The van der Waals surface area contributed by atoms with Gasteiger partial charge in [0, 0.05) is 33.4 Å². The normalized spacial score (nSPS) is 16.5. The van der Waals surface area contributed by atoms with Gasteiger partial charge in [0.05, 0.1) is 0 Å². The summed E-state index contributed by atoms with van der Waals surface area (Å²) in [6.07, 6.45) is 5.11. The predicted molar refractivity (Wildman–Crippen MR) is 63.0 cm³/mol. The summed E-state index contributed by atoms with van der Waals surface area (Å²) >= 11 is 0. The minimum atomic E-state index is -0.272. The van der Waals surface area contributed by atoms with Crippen molar-refractivity contribution in [2.45, 2.75) is 19.3 Å². The van der Waals surface area contributed by atoms with Crippen molar-refractivity contribution in [1.29, 1.82) is 0 Å². The van der Waals surface area contributed by atoms with Crippen molar-refractivity contribution in [1.82, 2.24) is 9.13 Å². The summed E-state index contributed by atoms with van der Waals surface area (Å²) in [5.41, 5.74) is 0.181. The number of piperidine rings is 1. The van der Waals surface area contributed by atoms with Gasteiger partial charge in [0.15, 0.2) is 0 Å². The molecule has 88 valence electrons. The Kier molecular flexibility index (Phi) is 2.85. The first kappa shape index (κ1) is 11.0. The van der Waals surface area contributed by atoms with Gasteiger partial charge in [-0.2, -0.15) is 0 Å². The maximum atomic E-state index is 11.9. The van der Waals surface area contributed by atoms with Crippen LogP contribution in [0.3, 0.4) is 0 Å². The van der Waals surface area contributed by atoms with Crippen LogP contribution < -0.4 is 16.1 Å². The van der Waals surface area contributed by atoms with Crippen molar-refractivity contribution < 1.29 is 0 Å². The molecule has 0 aliphatic carbocycles. The lowest BCUT2D eigenvalue weighted by Gasteiger charge is -2.28. The van der Waals surface area contributed by atoms with Crippen LogP contribution >= 0.6 is 0 Å². The zero-order chi connectivity index (χ0) is 11.7. The van der Waals surface area contributed by atoms with E-state index >= 15 is 0 Å². The summed E-state index contributed by atoms with van der Waals surface area (Å²) in [5.74, 6) is 0. The van der Waals surface area contributed by atoms with Crippen molar-refractivity contribution in [2.75, 3.05) is 18.0 Å². The van der Waals surface area contributed by atoms with Crippen molar-refractivity contribution in [3.05, 3.63) is 27.0 Å². The van der Waals surface area contributed by atoms with E-state index in [4.69, 9.17) is 0 Å². The molecular formula is C11H17N3O2. The first-order chi connectivity index (χ1) is 7.61. The van der Waals surface area contributed by atoms with E-state index in [0.717, 1.165) is 25.9 Å². The highest BCUT2D eigenvalue weighted by Crippen LogP contribution is 2.14.